The average Bonchev–Trinajstić information content (AvgIpc) is 3.02. The number of halogens is 2. The highest BCUT2D eigenvalue weighted by Gasteiger charge is 2.24. The number of nitrogens with zero attached hydrogens (tertiary/aromatic N) is 2. The zero-order chi connectivity index (χ0) is 17.4. The SMILES string of the molecule is CN=C(NCCCOC(C)C)NC1CCN(c2ccccc2Br)C1.I. The van der Waals surface area contributed by atoms with Crippen LogP contribution in [0.5, 0.6) is 0 Å². The van der Waals surface area contributed by atoms with Gasteiger partial charge in [-0.2, -0.15) is 0 Å². The molecule has 0 aliphatic carbocycles. The summed E-state index contributed by atoms with van der Waals surface area (Å²) in [6.45, 7) is 7.81. The van der Waals surface area contributed by atoms with Crippen molar-refractivity contribution in [2.24, 2.45) is 4.99 Å². The van der Waals surface area contributed by atoms with Crippen molar-refractivity contribution in [2.75, 3.05) is 38.2 Å². The Bertz CT molecular complexity index is 542. The molecule has 142 valence electrons. The van der Waals surface area contributed by atoms with Gasteiger partial charge in [0.25, 0.3) is 0 Å². The van der Waals surface area contributed by atoms with E-state index < -0.39 is 0 Å². The summed E-state index contributed by atoms with van der Waals surface area (Å²) in [6, 6.07) is 8.80. The molecular formula is C18H30BrIN4O. The van der Waals surface area contributed by atoms with E-state index in [0.717, 1.165) is 49.5 Å². The molecule has 1 unspecified atom stereocenters. The topological polar surface area (TPSA) is 48.9 Å². The van der Waals surface area contributed by atoms with Crippen LogP contribution in [0, 0.1) is 0 Å². The molecule has 0 spiro atoms. The summed E-state index contributed by atoms with van der Waals surface area (Å²) < 4.78 is 6.70. The minimum atomic E-state index is 0. The third kappa shape index (κ3) is 7.70. The highest BCUT2D eigenvalue weighted by molar-refractivity contribution is 14.0. The van der Waals surface area contributed by atoms with Gasteiger partial charge < -0.3 is 20.3 Å². The summed E-state index contributed by atoms with van der Waals surface area (Å²) in [7, 11) is 1.82. The fraction of sp³-hybridized carbons (Fsp3) is 0.611. The molecule has 1 heterocycles. The second-order valence-corrected chi connectivity index (χ2v) is 7.15. The minimum absolute atomic E-state index is 0. The van der Waals surface area contributed by atoms with Gasteiger partial charge in [-0.3, -0.25) is 4.99 Å². The second-order valence-electron chi connectivity index (χ2n) is 6.30. The van der Waals surface area contributed by atoms with Gasteiger partial charge in [0.05, 0.1) is 11.8 Å². The van der Waals surface area contributed by atoms with Crippen LogP contribution in [-0.4, -0.2) is 51.4 Å². The maximum atomic E-state index is 5.55. The van der Waals surface area contributed by atoms with Crippen molar-refractivity contribution >= 4 is 51.6 Å². The van der Waals surface area contributed by atoms with Crippen molar-refractivity contribution in [1.29, 1.82) is 0 Å². The molecule has 1 fully saturated rings. The van der Waals surface area contributed by atoms with Crippen LogP contribution in [-0.2, 0) is 4.74 Å². The maximum absolute atomic E-state index is 5.55. The van der Waals surface area contributed by atoms with Crippen molar-refractivity contribution in [1.82, 2.24) is 10.6 Å². The van der Waals surface area contributed by atoms with Crippen molar-refractivity contribution < 1.29 is 4.74 Å². The van der Waals surface area contributed by atoms with Gasteiger partial charge in [0.15, 0.2) is 5.96 Å². The van der Waals surface area contributed by atoms with Crippen LogP contribution < -0.4 is 15.5 Å². The van der Waals surface area contributed by atoms with E-state index in [4.69, 9.17) is 4.74 Å². The van der Waals surface area contributed by atoms with E-state index in [1.54, 1.807) is 0 Å². The number of rotatable bonds is 7. The van der Waals surface area contributed by atoms with E-state index in [9.17, 15) is 0 Å². The average molecular weight is 525 g/mol. The molecule has 0 radical (unpaired) electrons. The van der Waals surface area contributed by atoms with Gasteiger partial charge in [0.2, 0.25) is 0 Å². The van der Waals surface area contributed by atoms with Crippen molar-refractivity contribution in [3.63, 3.8) is 0 Å². The maximum Gasteiger partial charge on any atom is 0.191 e. The molecule has 0 amide bonds. The lowest BCUT2D eigenvalue weighted by Gasteiger charge is -2.21. The van der Waals surface area contributed by atoms with Gasteiger partial charge in [-0.1, -0.05) is 12.1 Å². The minimum Gasteiger partial charge on any atom is -0.379 e. The number of guanidine groups is 1. The normalized spacial score (nSPS) is 17.6. The molecule has 25 heavy (non-hydrogen) atoms. The quantitative estimate of drug-likeness (QED) is 0.247. The Labute approximate surface area is 177 Å². The van der Waals surface area contributed by atoms with Crippen LogP contribution in [0.25, 0.3) is 0 Å². The smallest absolute Gasteiger partial charge is 0.191 e. The third-order valence-electron chi connectivity index (χ3n) is 4.01. The predicted octanol–water partition coefficient (Wildman–Crippen LogP) is 3.63. The van der Waals surface area contributed by atoms with Crippen molar-refractivity contribution in [3.8, 4) is 0 Å². The van der Waals surface area contributed by atoms with Crippen LogP contribution >= 0.6 is 39.9 Å². The lowest BCUT2D eigenvalue weighted by Crippen LogP contribution is -2.45. The summed E-state index contributed by atoms with van der Waals surface area (Å²) in [6.07, 6.45) is 2.38. The lowest BCUT2D eigenvalue weighted by molar-refractivity contribution is 0.0776. The number of para-hydroxylation sites is 1. The van der Waals surface area contributed by atoms with Gasteiger partial charge in [-0.05, 0) is 54.8 Å². The van der Waals surface area contributed by atoms with Crippen molar-refractivity contribution in [2.45, 2.75) is 38.8 Å². The van der Waals surface area contributed by atoms with Crippen LogP contribution in [0.15, 0.2) is 33.7 Å². The first-order valence-corrected chi connectivity index (χ1v) is 9.47. The highest BCUT2D eigenvalue weighted by Crippen LogP contribution is 2.28. The molecule has 0 saturated carbocycles. The van der Waals surface area contributed by atoms with E-state index >= 15 is 0 Å². The van der Waals surface area contributed by atoms with Gasteiger partial charge in [-0.15, -0.1) is 24.0 Å². The second kappa shape index (κ2) is 12.0. The van der Waals surface area contributed by atoms with Crippen LogP contribution in [0.2, 0.25) is 0 Å². The van der Waals surface area contributed by atoms with Gasteiger partial charge in [0.1, 0.15) is 0 Å². The van der Waals surface area contributed by atoms with E-state index in [0.29, 0.717) is 12.1 Å². The fourth-order valence-corrected chi connectivity index (χ4v) is 3.33. The molecule has 1 saturated heterocycles. The lowest BCUT2D eigenvalue weighted by atomic mass is 10.2. The first-order chi connectivity index (χ1) is 11.6. The predicted molar refractivity (Wildman–Crippen MR) is 120 cm³/mol. The van der Waals surface area contributed by atoms with Crippen LogP contribution in [0.4, 0.5) is 5.69 Å². The number of hydrogen-bond acceptors (Lipinski definition) is 3. The standard InChI is InChI=1S/C18H29BrN4O.HI/c1-14(2)24-12-6-10-21-18(20-3)22-15-9-11-23(13-15)17-8-5-4-7-16(17)19;/h4-5,7-8,14-15H,6,9-13H2,1-3H3,(H2,20,21,22);1H. The third-order valence-corrected chi connectivity index (χ3v) is 4.68. The number of hydrogen-bond donors (Lipinski definition) is 2. The summed E-state index contributed by atoms with van der Waals surface area (Å²) in [5.41, 5.74) is 1.26. The summed E-state index contributed by atoms with van der Waals surface area (Å²) in [5.74, 6) is 0.874. The number of aliphatic imine (C=N–C) groups is 1. The first-order valence-electron chi connectivity index (χ1n) is 8.68. The summed E-state index contributed by atoms with van der Waals surface area (Å²) in [4.78, 5) is 6.73. The molecule has 2 rings (SSSR count). The number of anilines is 1. The Kier molecular flexibility index (Phi) is 10.8. The highest BCUT2D eigenvalue weighted by atomic mass is 127. The zero-order valence-electron chi connectivity index (χ0n) is 15.3. The molecule has 2 N–H and O–H groups in total. The number of ether oxygens (including phenoxy) is 1. The Hall–Kier alpha value is -0.540. The molecule has 1 aliphatic heterocycles. The van der Waals surface area contributed by atoms with Gasteiger partial charge in [-0.25, -0.2) is 0 Å². The molecule has 1 aromatic carbocycles. The molecule has 1 atom stereocenters. The van der Waals surface area contributed by atoms with Crippen molar-refractivity contribution in [3.05, 3.63) is 28.7 Å². The Morgan fingerprint density at radius 2 is 2.16 bits per heavy atom. The van der Waals surface area contributed by atoms with Gasteiger partial charge in [0, 0.05) is 43.8 Å². The summed E-state index contributed by atoms with van der Waals surface area (Å²) >= 11 is 3.64. The largest absolute Gasteiger partial charge is 0.379 e. The summed E-state index contributed by atoms with van der Waals surface area (Å²) in [5, 5.41) is 6.89. The first kappa shape index (κ1) is 22.5. The molecule has 0 bridgehead atoms. The van der Waals surface area contributed by atoms with E-state index in [2.05, 4.69) is 68.5 Å². The molecule has 1 aliphatic rings. The Balaban J connectivity index is 0.00000312. The van der Waals surface area contributed by atoms with E-state index in [-0.39, 0.29) is 24.0 Å². The van der Waals surface area contributed by atoms with E-state index in [1.807, 2.05) is 13.1 Å². The monoisotopic (exact) mass is 524 g/mol. The molecule has 5 nitrogen and oxygen atoms in total. The Morgan fingerprint density at radius 1 is 1.40 bits per heavy atom. The molecule has 7 heteroatoms. The fourth-order valence-electron chi connectivity index (χ4n) is 2.79. The van der Waals surface area contributed by atoms with Crippen LogP contribution in [0.3, 0.4) is 0 Å². The molecular weight excluding hydrogens is 495 g/mol. The number of benzene rings is 1. The van der Waals surface area contributed by atoms with Gasteiger partial charge >= 0.3 is 0 Å². The Morgan fingerprint density at radius 3 is 2.84 bits per heavy atom. The zero-order valence-corrected chi connectivity index (χ0v) is 19.2. The molecule has 1 aromatic rings. The molecule has 0 aromatic heterocycles. The van der Waals surface area contributed by atoms with Crippen LogP contribution in [0.1, 0.15) is 26.7 Å². The van der Waals surface area contributed by atoms with E-state index in [1.165, 1.54) is 5.69 Å². The number of nitrogens with one attached hydrogen (secondary N) is 2.